The van der Waals surface area contributed by atoms with Crippen molar-refractivity contribution in [3.05, 3.63) is 29.8 Å². The van der Waals surface area contributed by atoms with Crippen molar-refractivity contribution in [1.29, 1.82) is 0 Å². The molecule has 1 unspecified atom stereocenters. The first-order valence-electron chi connectivity index (χ1n) is 7.27. The van der Waals surface area contributed by atoms with Crippen molar-refractivity contribution in [2.24, 2.45) is 0 Å². The Labute approximate surface area is 121 Å². The number of hydrogen-bond donors (Lipinski definition) is 2. The second-order valence-corrected chi connectivity index (χ2v) is 5.04. The Morgan fingerprint density at radius 1 is 1.30 bits per heavy atom. The van der Waals surface area contributed by atoms with Gasteiger partial charge < -0.3 is 15.2 Å². The van der Waals surface area contributed by atoms with E-state index in [4.69, 9.17) is 4.74 Å². The van der Waals surface area contributed by atoms with Gasteiger partial charge in [-0.3, -0.25) is 4.79 Å². The van der Waals surface area contributed by atoms with Crippen LogP contribution in [0.4, 0.5) is 0 Å². The number of aliphatic hydroxyl groups is 1. The molecule has 0 aliphatic carbocycles. The Hall–Kier alpha value is -1.55. The predicted molar refractivity (Wildman–Crippen MR) is 79.7 cm³/mol. The van der Waals surface area contributed by atoms with Crippen molar-refractivity contribution in [3.8, 4) is 5.75 Å². The number of amides is 1. The number of aliphatic hydroxyl groups excluding tert-OH is 1. The number of carbonyl (C=O) groups is 1. The molecule has 0 saturated heterocycles. The van der Waals surface area contributed by atoms with Crippen molar-refractivity contribution in [2.75, 3.05) is 6.61 Å². The molecule has 4 nitrogen and oxygen atoms in total. The SMILES string of the molecule is CCCC(C)NC(=O)COc1ccc([C@H](O)CC)cc1. The molecule has 2 atom stereocenters. The molecule has 112 valence electrons. The standard InChI is InChI=1S/C16H25NO3/c1-4-6-12(3)17-16(19)11-20-14-9-7-13(8-10-14)15(18)5-2/h7-10,12,15,18H,4-6,11H2,1-3H3,(H,17,19)/t12?,15-/m1/s1. The van der Waals surface area contributed by atoms with Gasteiger partial charge in [0.25, 0.3) is 5.91 Å². The van der Waals surface area contributed by atoms with Crippen molar-refractivity contribution >= 4 is 5.91 Å². The van der Waals surface area contributed by atoms with Crippen molar-refractivity contribution in [2.45, 2.75) is 52.2 Å². The second-order valence-electron chi connectivity index (χ2n) is 5.04. The molecular formula is C16H25NO3. The zero-order chi connectivity index (χ0) is 15.0. The summed E-state index contributed by atoms with van der Waals surface area (Å²) in [6.45, 7) is 6.02. The van der Waals surface area contributed by atoms with E-state index in [-0.39, 0.29) is 18.6 Å². The van der Waals surface area contributed by atoms with Gasteiger partial charge in [0.2, 0.25) is 0 Å². The van der Waals surface area contributed by atoms with Gasteiger partial charge in [-0.15, -0.1) is 0 Å². The fourth-order valence-corrected chi connectivity index (χ4v) is 1.99. The van der Waals surface area contributed by atoms with Gasteiger partial charge in [0.15, 0.2) is 6.61 Å². The first-order valence-corrected chi connectivity index (χ1v) is 7.27. The molecule has 0 aromatic heterocycles. The summed E-state index contributed by atoms with van der Waals surface area (Å²) >= 11 is 0. The third-order valence-corrected chi connectivity index (χ3v) is 3.15. The highest BCUT2D eigenvalue weighted by Crippen LogP contribution is 2.19. The molecule has 0 saturated carbocycles. The van der Waals surface area contributed by atoms with Crippen LogP contribution in [0.1, 0.15) is 51.7 Å². The highest BCUT2D eigenvalue weighted by molar-refractivity contribution is 5.77. The van der Waals surface area contributed by atoms with Crippen LogP contribution in [0.25, 0.3) is 0 Å². The monoisotopic (exact) mass is 279 g/mol. The molecule has 0 radical (unpaired) electrons. The van der Waals surface area contributed by atoms with Crippen molar-refractivity contribution < 1.29 is 14.6 Å². The highest BCUT2D eigenvalue weighted by atomic mass is 16.5. The second kappa shape index (κ2) is 8.59. The largest absolute Gasteiger partial charge is 0.484 e. The van der Waals surface area contributed by atoms with Crippen LogP contribution in [0.2, 0.25) is 0 Å². The molecule has 1 aromatic carbocycles. The first-order chi connectivity index (χ1) is 9.56. The maximum atomic E-state index is 11.6. The smallest absolute Gasteiger partial charge is 0.258 e. The van der Waals surface area contributed by atoms with E-state index in [9.17, 15) is 9.90 Å². The molecule has 0 fully saturated rings. The molecule has 4 heteroatoms. The lowest BCUT2D eigenvalue weighted by atomic mass is 10.1. The van der Waals surface area contributed by atoms with E-state index in [1.54, 1.807) is 12.1 Å². The van der Waals surface area contributed by atoms with Crippen LogP contribution in [0.5, 0.6) is 5.75 Å². The maximum absolute atomic E-state index is 11.6. The fraction of sp³-hybridized carbons (Fsp3) is 0.562. The van der Waals surface area contributed by atoms with Crippen LogP contribution < -0.4 is 10.1 Å². The molecule has 1 aromatic rings. The Bertz CT molecular complexity index is 403. The lowest BCUT2D eigenvalue weighted by Crippen LogP contribution is -2.35. The van der Waals surface area contributed by atoms with Crippen LogP contribution in [0, 0.1) is 0 Å². The van der Waals surface area contributed by atoms with Gasteiger partial charge in [0.05, 0.1) is 6.10 Å². The molecule has 0 bridgehead atoms. The summed E-state index contributed by atoms with van der Waals surface area (Å²) in [5.74, 6) is 0.527. The quantitative estimate of drug-likeness (QED) is 0.769. The third kappa shape index (κ3) is 5.61. The Kier molecular flexibility index (Phi) is 7.09. The number of rotatable bonds is 8. The van der Waals surface area contributed by atoms with Gasteiger partial charge in [-0.2, -0.15) is 0 Å². The summed E-state index contributed by atoms with van der Waals surface area (Å²) < 4.78 is 5.42. The number of carbonyl (C=O) groups excluding carboxylic acids is 1. The van der Waals surface area contributed by atoms with Crippen LogP contribution in [0.15, 0.2) is 24.3 Å². The maximum Gasteiger partial charge on any atom is 0.258 e. The normalized spacial score (nSPS) is 13.6. The first kappa shape index (κ1) is 16.5. The van der Waals surface area contributed by atoms with Gasteiger partial charge in [-0.05, 0) is 37.5 Å². The van der Waals surface area contributed by atoms with E-state index in [1.165, 1.54) is 0 Å². The van der Waals surface area contributed by atoms with E-state index in [0.29, 0.717) is 12.2 Å². The molecule has 2 N–H and O–H groups in total. The highest BCUT2D eigenvalue weighted by Gasteiger charge is 2.08. The van der Waals surface area contributed by atoms with Crippen LogP contribution in [-0.4, -0.2) is 23.7 Å². The molecule has 0 aliphatic heterocycles. The van der Waals surface area contributed by atoms with Gasteiger partial charge in [-0.25, -0.2) is 0 Å². The lowest BCUT2D eigenvalue weighted by molar-refractivity contribution is -0.123. The minimum atomic E-state index is -0.442. The molecule has 0 heterocycles. The van der Waals surface area contributed by atoms with Crippen molar-refractivity contribution in [1.82, 2.24) is 5.32 Å². The minimum Gasteiger partial charge on any atom is -0.484 e. The van der Waals surface area contributed by atoms with Gasteiger partial charge in [0, 0.05) is 6.04 Å². The van der Waals surface area contributed by atoms with Gasteiger partial charge in [-0.1, -0.05) is 32.4 Å². The fourth-order valence-electron chi connectivity index (χ4n) is 1.99. The molecule has 1 rings (SSSR count). The topological polar surface area (TPSA) is 58.6 Å². The van der Waals surface area contributed by atoms with Gasteiger partial charge in [0.1, 0.15) is 5.75 Å². The minimum absolute atomic E-state index is 0.0176. The number of ether oxygens (including phenoxy) is 1. The third-order valence-electron chi connectivity index (χ3n) is 3.15. The average Bonchev–Trinajstić information content (AvgIpc) is 2.45. The molecule has 0 spiro atoms. The summed E-state index contributed by atoms with van der Waals surface area (Å²) in [5, 5.41) is 12.6. The van der Waals surface area contributed by atoms with Crippen molar-refractivity contribution in [3.63, 3.8) is 0 Å². The van der Waals surface area contributed by atoms with Crippen LogP contribution in [0.3, 0.4) is 0 Å². The molecular weight excluding hydrogens is 254 g/mol. The van der Waals surface area contributed by atoms with E-state index in [1.807, 2.05) is 26.0 Å². The summed E-state index contributed by atoms with van der Waals surface area (Å²) in [6, 6.07) is 7.37. The van der Waals surface area contributed by atoms with Crippen LogP contribution in [-0.2, 0) is 4.79 Å². The molecule has 0 aliphatic rings. The van der Waals surface area contributed by atoms with E-state index in [2.05, 4.69) is 12.2 Å². The molecule has 20 heavy (non-hydrogen) atoms. The number of benzene rings is 1. The van der Waals surface area contributed by atoms with E-state index >= 15 is 0 Å². The summed E-state index contributed by atoms with van der Waals surface area (Å²) in [5.41, 5.74) is 0.862. The number of nitrogens with one attached hydrogen (secondary N) is 1. The Morgan fingerprint density at radius 3 is 2.50 bits per heavy atom. The van der Waals surface area contributed by atoms with Crippen LogP contribution >= 0.6 is 0 Å². The Morgan fingerprint density at radius 2 is 1.95 bits per heavy atom. The van der Waals surface area contributed by atoms with Gasteiger partial charge >= 0.3 is 0 Å². The Balaban J connectivity index is 2.40. The zero-order valence-corrected chi connectivity index (χ0v) is 12.6. The summed E-state index contributed by atoms with van der Waals surface area (Å²) in [7, 11) is 0. The molecule has 1 amide bonds. The summed E-state index contributed by atoms with van der Waals surface area (Å²) in [6.07, 6.45) is 2.25. The zero-order valence-electron chi connectivity index (χ0n) is 12.6. The van der Waals surface area contributed by atoms with E-state index in [0.717, 1.165) is 18.4 Å². The predicted octanol–water partition coefficient (Wildman–Crippen LogP) is 2.81. The average molecular weight is 279 g/mol. The lowest BCUT2D eigenvalue weighted by Gasteiger charge is -2.13. The van der Waals surface area contributed by atoms with E-state index < -0.39 is 6.10 Å². The number of hydrogen-bond acceptors (Lipinski definition) is 3. The summed E-state index contributed by atoms with van der Waals surface area (Å²) in [4.78, 5) is 11.6.